The van der Waals surface area contributed by atoms with Crippen LogP contribution in [0.5, 0.6) is 0 Å². The summed E-state index contributed by atoms with van der Waals surface area (Å²) >= 11 is 0. The van der Waals surface area contributed by atoms with Crippen molar-refractivity contribution in [3.05, 3.63) is 11.3 Å². The molecular formula is C8H11N. The third-order valence-corrected chi connectivity index (χ3v) is 2.10. The fraction of sp³-hybridized carbons (Fsp3) is 0.625. The van der Waals surface area contributed by atoms with Crippen LogP contribution in [0.15, 0.2) is 16.3 Å². The molecule has 1 aliphatic heterocycles. The van der Waals surface area contributed by atoms with Crippen LogP contribution >= 0.6 is 0 Å². The van der Waals surface area contributed by atoms with Gasteiger partial charge in [0.1, 0.15) is 0 Å². The maximum absolute atomic E-state index is 4.45. The van der Waals surface area contributed by atoms with Crippen molar-refractivity contribution in [3.8, 4) is 0 Å². The van der Waals surface area contributed by atoms with E-state index in [0.29, 0.717) is 0 Å². The molecule has 0 aromatic heterocycles. The van der Waals surface area contributed by atoms with Gasteiger partial charge in [0.05, 0.1) is 0 Å². The molecule has 0 aromatic carbocycles. The normalized spacial score (nSPS) is 24.8. The Morgan fingerprint density at radius 1 is 1.33 bits per heavy atom. The van der Waals surface area contributed by atoms with Gasteiger partial charge in [-0.25, -0.2) is 0 Å². The van der Waals surface area contributed by atoms with Gasteiger partial charge in [-0.3, -0.25) is 4.99 Å². The van der Waals surface area contributed by atoms with Gasteiger partial charge in [-0.2, -0.15) is 0 Å². The van der Waals surface area contributed by atoms with Crippen molar-refractivity contribution in [2.45, 2.75) is 32.6 Å². The zero-order valence-electron chi connectivity index (χ0n) is 5.78. The van der Waals surface area contributed by atoms with E-state index in [1.54, 1.807) is 5.57 Å². The third-order valence-electron chi connectivity index (χ3n) is 2.10. The Balaban J connectivity index is 2.28. The second kappa shape index (κ2) is 1.69. The lowest BCUT2D eigenvalue weighted by atomic mass is 10.1. The van der Waals surface area contributed by atoms with E-state index in [1.807, 2.05) is 0 Å². The minimum atomic E-state index is 1.18. The molecular weight excluding hydrogens is 110 g/mol. The predicted molar refractivity (Wildman–Crippen MR) is 38.6 cm³/mol. The fourth-order valence-electron chi connectivity index (χ4n) is 1.69. The van der Waals surface area contributed by atoms with E-state index in [4.69, 9.17) is 0 Å². The molecule has 0 spiro atoms. The first-order chi connectivity index (χ1) is 4.36. The molecule has 9 heavy (non-hydrogen) atoms. The first kappa shape index (κ1) is 5.21. The van der Waals surface area contributed by atoms with Crippen LogP contribution in [0.1, 0.15) is 32.6 Å². The molecule has 0 bridgehead atoms. The summed E-state index contributed by atoms with van der Waals surface area (Å²) in [5.74, 6) is 0. The molecule has 0 saturated heterocycles. The number of hydrogen-bond donors (Lipinski definition) is 0. The highest BCUT2D eigenvalue weighted by Crippen LogP contribution is 2.33. The van der Waals surface area contributed by atoms with Crippen LogP contribution in [0.25, 0.3) is 0 Å². The Morgan fingerprint density at radius 3 is 3.00 bits per heavy atom. The van der Waals surface area contributed by atoms with E-state index >= 15 is 0 Å². The number of aliphatic imine (C=N–C) groups is 1. The van der Waals surface area contributed by atoms with Gasteiger partial charge in [0, 0.05) is 17.8 Å². The van der Waals surface area contributed by atoms with Gasteiger partial charge >= 0.3 is 0 Å². The van der Waals surface area contributed by atoms with Crippen LogP contribution in [0.2, 0.25) is 0 Å². The summed E-state index contributed by atoms with van der Waals surface area (Å²) in [5.41, 5.74) is 4.35. The van der Waals surface area contributed by atoms with Gasteiger partial charge in [0.25, 0.3) is 0 Å². The van der Waals surface area contributed by atoms with Gasteiger partial charge in [-0.1, -0.05) is 0 Å². The molecule has 0 saturated carbocycles. The largest absolute Gasteiger partial charge is 0.262 e. The predicted octanol–water partition coefficient (Wildman–Crippen LogP) is 2.29. The quantitative estimate of drug-likeness (QED) is 0.466. The van der Waals surface area contributed by atoms with Crippen LogP contribution in [0.3, 0.4) is 0 Å². The molecule has 48 valence electrons. The minimum Gasteiger partial charge on any atom is -0.262 e. The molecule has 0 radical (unpaired) electrons. The van der Waals surface area contributed by atoms with Gasteiger partial charge in [-0.05, 0) is 31.8 Å². The Kier molecular flexibility index (Phi) is 0.981. The highest BCUT2D eigenvalue weighted by Gasteiger charge is 2.19. The van der Waals surface area contributed by atoms with Crippen molar-refractivity contribution < 1.29 is 0 Å². The Hall–Kier alpha value is -0.590. The molecule has 2 rings (SSSR count). The molecule has 0 unspecified atom stereocenters. The Morgan fingerprint density at radius 2 is 2.22 bits per heavy atom. The van der Waals surface area contributed by atoms with Crippen LogP contribution in [0.4, 0.5) is 0 Å². The van der Waals surface area contributed by atoms with Gasteiger partial charge in [-0.15, -0.1) is 0 Å². The van der Waals surface area contributed by atoms with Gasteiger partial charge in [0.2, 0.25) is 0 Å². The Labute approximate surface area is 55.5 Å². The summed E-state index contributed by atoms with van der Waals surface area (Å²) in [6.07, 6.45) is 5.08. The number of hydrogen-bond acceptors (Lipinski definition) is 1. The molecule has 0 amide bonds. The fourth-order valence-corrected chi connectivity index (χ4v) is 1.69. The van der Waals surface area contributed by atoms with Crippen molar-refractivity contribution in [3.63, 3.8) is 0 Å². The molecule has 0 aromatic rings. The van der Waals surface area contributed by atoms with E-state index in [9.17, 15) is 0 Å². The van der Waals surface area contributed by atoms with E-state index in [1.165, 1.54) is 37.1 Å². The topological polar surface area (TPSA) is 12.4 Å². The average molecular weight is 121 g/mol. The van der Waals surface area contributed by atoms with E-state index in [2.05, 4.69) is 11.9 Å². The van der Waals surface area contributed by atoms with Crippen molar-refractivity contribution in [1.82, 2.24) is 0 Å². The lowest BCUT2D eigenvalue weighted by molar-refractivity contribution is 0.875. The standard InChI is InChI=1S/C8H11N/c1-6-5-7-3-2-4-8(7)9-6/h2-5H2,1H3. The lowest BCUT2D eigenvalue weighted by Gasteiger charge is -1.91. The van der Waals surface area contributed by atoms with Crippen LogP contribution in [-0.4, -0.2) is 5.71 Å². The summed E-state index contributed by atoms with van der Waals surface area (Å²) in [6.45, 7) is 2.12. The molecule has 0 fully saturated rings. The molecule has 1 nitrogen and oxygen atoms in total. The lowest BCUT2D eigenvalue weighted by Crippen LogP contribution is -1.86. The summed E-state index contributed by atoms with van der Waals surface area (Å²) in [7, 11) is 0. The van der Waals surface area contributed by atoms with Crippen molar-refractivity contribution in [1.29, 1.82) is 0 Å². The number of nitrogens with zero attached hydrogens (tertiary/aromatic N) is 1. The maximum atomic E-state index is 4.45. The summed E-state index contributed by atoms with van der Waals surface area (Å²) in [5, 5.41) is 0. The van der Waals surface area contributed by atoms with Crippen molar-refractivity contribution in [2.75, 3.05) is 0 Å². The van der Waals surface area contributed by atoms with Crippen molar-refractivity contribution >= 4 is 5.71 Å². The molecule has 0 N–H and O–H groups in total. The highest BCUT2D eigenvalue weighted by molar-refractivity contribution is 5.88. The highest BCUT2D eigenvalue weighted by atomic mass is 14.8. The van der Waals surface area contributed by atoms with Crippen LogP contribution in [-0.2, 0) is 0 Å². The first-order valence-electron chi connectivity index (χ1n) is 3.61. The van der Waals surface area contributed by atoms with Crippen LogP contribution in [0, 0.1) is 0 Å². The average Bonchev–Trinajstić information content (AvgIpc) is 2.22. The zero-order chi connectivity index (χ0) is 6.27. The van der Waals surface area contributed by atoms with Crippen molar-refractivity contribution in [2.24, 2.45) is 4.99 Å². The first-order valence-corrected chi connectivity index (χ1v) is 3.61. The third kappa shape index (κ3) is 0.716. The SMILES string of the molecule is CC1=NC2=C(CCC2)C1. The smallest absolute Gasteiger partial charge is 0.0398 e. The Bertz CT molecular complexity index is 199. The van der Waals surface area contributed by atoms with E-state index in [0.717, 1.165) is 0 Å². The summed E-state index contributed by atoms with van der Waals surface area (Å²) in [4.78, 5) is 4.45. The number of rotatable bonds is 0. The van der Waals surface area contributed by atoms with Gasteiger partial charge < -0.3 is 0 Å². The monoisotopic (exact) mass is 121 g/mol. The molecule has 0 atom stereocenters. The van der Waals surface area contributed by atoms with E-state index in [-0.39, 0.29) is 0 Å². The zero-order valence-corrected chi connectivity index (χ0v) is 5.78. The number of allylic oxidation sites excluding steroid dienone is 2. The second-order valence-corrected chi connectivity index (χ2v) is 2.93. The maximum Gasteiger partial charge on any atom is 0.0398 e. The molecule has 2 aliphatic rings. The van der Waals surface area contributed by atoms with Crippen LogP contribution < -0.4 is 0 Å². The minimum absolute atomic E-state index is 1.18. The molecule has 1 aliphatic carbocycles. The van der Waals surface area contributed by atoms with E-state index < -0.39 is 0 Å². The summed E-state index contributed by atoms with van der Waals surface area (Å²) in [6, 6.07) is 0. The van der Waals surface area contributed by atoms with Gasteiger partial charge in [0.15, 0.2) is 0 Å². The molecule has 1 heterocycles. The molecule has 1 heteroatoms. The second-order valence-electron chi connectivity index (χ2n) is 2.93. The summed E-state index contributed by atoms with van der Waals surface area (Å²) < 4.78 is 0.